The molecule has 0 saturated carbocycles. The number of carbonyl (C=O) groups excluding carboxylic acids is 1. The predicted molar refractivity (Wildman–Crippen MR) is 115 cm³/mol. The van der Waals surface area contributed by atoms with Gasteiger partial charge in [-0.1, -0.05) is 42.5 Å². The molecule has 2 aromatic carbocycles. The Hall–Kier alpha value is -2.63. The standard InChI is InChI=1S/C23H24N2O2S/c1-24-17-9-7-15(8-10-17)18-13-23(27)25-19(18)14-20(26)22-12-11-21(28-22)16-5-3-2-4-6-16/h2-12,18-20,24,26H,13-14H2,1H3,(H,25,27)/t18-,19-,20+/m1/s1. The molecule has 0 spiro atoms. The molecule has 0 bridgehead atoms. The number of rotatable bonds is 6. The summed E-state index contributed by atoms with van der Waals surface area (Å²) >= 11 is 1.61. The largest absolute Gasteiger partial charge is 0.388 e. The van der Waals surface area contributed by atoms with Gasteiger partial charge in [0, 0.05) is 40.9 Å². The number of aliphatic hydroxyl groups excluding tert-OH is 1. The number of thiophene rings is 1. The van der Waals surface area contributed by atoms with Gasteiger partial charge in [0.1, 0.15) is 0 Å². The van der Waals surface area contributed by atoms with Crippen LogP contribution in [0.3, 0.4) is 0 Å². The van der Waals surface area contributed by atoms with Crippen molar-refractivity contribution in [1.29, 1.82) is 0 Å². The third kappa shape index (κ3) is 3.96. The van der Waals surface area contributed by atoms with Crippen LogP contribution in [0.4, 0.5) is 5.69 Å². The lowest BCUT2D eigenvalue weighted by Gasteiger charge is -2.22. The molecule has 0 aliphatic carbocycles. The van der Waals surface area contributed by atoms with Crippen LogP contribution in [0.2, 0.25) is 0 Å². The zero-order valence-electron chi connectivity index (χ0n) is 15.8. The third-order valence-corrected chi connectivity index (χ3v) is 6.59. The molecular weight excluding hydrogens is 368 g/mol. The van der Waals surface area contributed by atoms with Crippen molar-refractivity contribution in [3.05, 3.63) is 77.2 Å². The predicted octanol–water partition coefficient (Wildman–Crippen LogP) is 4.55. The van der Waals surface area contributed by atoms with E-state index in [4.69, 9.17) is 0 Å². The van der Waals surface area contributed by atoms with Gasteiger partial charge in [-0.05, 0) is 41.8 Å². The van der Waals surface area contributed by atoms with Crippen molar-refractivity contribution in [2.24, 2.45) is 0 Å². The SMILES string of the molecule is CNc1ccc([C@H]2CC(=O)N[C@@H]2C[C@H](O)c2ccc(-c3ccccc3)s2)cc1. The highest BCUT2D eigenvalue weighted by atomic mass is 32.1. The van der Waals surface area contributed by atoms with Crippen LogP contribution in [-0.2, 0) is 4.79 Å². The van der Waals surface area contributed by atoms with Gasteiger partial charge < -0.3 is 15.7 Å². The summed E-state index contributed by atoms with van der Waals surface area (Å²) in [5.74, 6) is 0.137. The molecule has 0 radical (unpaired) electrons. The first-order valence-electron chi connectivity index (χ1n) is 9.54. The molecular formula is C23H24N2O2S. The smallest absolute Gasteiger partial charge is 0.220 e. The van der Waals surface area contributed by atoms with Gasteiger partial charge in [-0.2, -0.15) is 0 Å². The Balaban J connectivity index is 1.48. The fraction of sp³-hybridized carbons (Fsp3) is 0.261. The Morgan fingerprint density at radius 3 is 2.57 bits per heavy atom. The Kier molecular flexibility index (Phi) is 5.46. The number of amides is 1. The molecule has 3 atom stereocenters. The van der Waals surface area contributed by atoms with Crippen molar-refractivity contribution in [3.8, 4) is 10.4 Å². The number of hydrogen-bond acceptors (Lipinski definition) is 4. The van der Waals surface area contributed by atoms with Gasteiger partial charge in [-0.3, -0.25) is 4.79 Å². The van der Waals surface area contributed by atoms with E-state index in [2.05, 4.69) is 41.0 Å². The number of benzene rings is 2. The zero-order chi connectivity index (χ0) is 19.5. The highest BCUT2D eigenvalue weighted by Crippen LogP contribution is 2.37. The highest BCUT2D eigenvalue weighted by Gasteiger charge is 2.35. The Morgan fingerprint density at radius 2 is 1.86 bits per heavy atom. The summed E-state index contributed by atoms with van der Waals surface area (Å²) in [6.07, 6.45) is 0.388. The van der Waals surface area contributed by atoms with Crippen LogP contribution in [0, 0.1) is 0 Å². The first-order valence-corrected chi connectivity index (χ1v) is 10.4. The minimum absolute atomic E-state index is 0.0519. The van der Waals surface area contributed by atoms with E-state index < -0.39 is 6.10 Å². The minimum Gasteiger partial charge on any atom is -0.388 e. The molecule has 3 N–H and O–H groups in total. The van der Waals surface area contributed by atoms with Crippen molar-refractivity contribution < 1.29 is 9.90 Å². The van der Waals surface area contributed by atoms with Crippen LogP contribution in [0.1, 0.15) is 35.3 Å². The van der Waals surface area contributed by atoms with Gasteiger partial charge >= 0.3 is 0 Å². The fourth-order valence-electron chi connectivity index (χ4n) is 3.82. The summed E-state index contributed by atoms with van der Waals surface area (Å²) in [5, 5.41) is 17.0. The molecule has 1 fully saturated rings. The lowest BCUT2D eigenvalue weighted by molar-refractivity contribution is -0.119. The van der Waals surface area contributed by atoms with Gasteiger partial charge in [0.2, 0.25) is 5.91 Å². The van der Waals surface area contributed by atoms with Crippen molar-refractivity contribution in [3.63, 3.8) is 0 Å². The Morgan fingerprint density at radius 1 is 1.11 bits per heavy atom. The second-order valence-corrected chi connectivity index (χ2v) is 8.29. The van der Waals surface area contributed by atoms with Crippen molar-refractivity contribution in [2.75, 3.05) is 12.4 Å². The maximum Gasteiger partial charge on any atom is 0.220 e. The molecule has 3 aromatic rings. The molecule has 2 heterocycles. The van der Waals surface area contributed by atoms with E-state index in [-0.39, 0.29) is 17.9 Å². The Labute approximate surface area is 169 Å². The van der Waals surface area contributed by atoms with E-state index in [1.165, 1.54) is 0 Å². The minimum atomic E-state index is -0.593. The summed E-state index contributed by atoms with van der Waals surface area (Å²) in [6.45, 7) is 0. The number of nitrogens with one attached hydrogen (secondary N) is 2. The average Bonchev–Trinajstić information content (AvgIpc) is 3.36. The van der Waals surface area contributed by atoms with Crippen LogP contribution in [0.5, 0.6) is 0 Å². The second-order valence-electron chi connectivity index (χ2n) is 7.18. The molecule has 4 nitrogen and oxygen atoms in total. The van der Waals surface area contributed by atoms with Crippen LogP contribution in [0.25, 0.3) is 10.4 Å². The third-order valence-electron chi connectivity index (χ3n) is 5.36. The van der Waals surface area contributed by atoms with E-state index in [1.54, 1.807) is 11.3 Å². The summed E-state index contributed by atoms with van der Waals surface area (Å²) in [6, 6.07) is 22.3. The normalized spacial score (nSPS) is 20.0. The van der Waals surface area contributed by atoms with E-state index >= 15 is 0 Å². The summed E-state index contributed by atoms with van der Waals surface area (Å²) < 4.78 is 0. The van der Waals surface area contributed by atoms with Crippen LogP contribution >= 0.6 is 11.3 Å². The van der Waals surface area contributed by atoms with Gasteiger partial charge in [0.25, 0.3) is 0 Å². The average molecular weight is 393 g/mol. The number of carbonyl (C=O) groups is 1. The lowest BCUT2D eigenvalue weighted by Crippen LogP contribution is -2.30. The number of aliphatic hydroxyl groups is 1. The van der Waals surface area contributed by atoms with Gasteiger partial charge in [-0.25, -0.2) is 0 Å². The monoisotopic (exact) mass is 392 g/mol. The fourth-order valence-corrected chi connectivity index (χ4v) is 4.84. The topological polar surface area (TPSA) is 61.4 Å². The summed E-state index contributed by atoms with van der Waals surface area (Å²) in [7, 11) is 1.89. The molecule has 144 valence electrons. The molecule has 1 amide bonds. The molecule has 0 unspecified atom stereocenters. The maximum atomic E-state index is 12.1. The summed E-state index contributed by atoms with van der Waals surface area (Å²) in [4.78, 5) is 14.1. The van der Waals surface area contributed by atoms with Gasteiger partial charge in [0.05, 0.1) is 6.10 Å². The number of anilines is 1. The van der Waals surface area contributed by atoms with Crippen LogP contribution < -0.4 is 10.6 Å². The van der Waals surface area contributed by atoms with Crippen molar-refractivity contribution >= 4 is 22.9 Å². The molecule has 1 aromatic heterocycles. The quantitative estimate of drug-likeness (QED) is 0.577. The van der Waals surface area contributed by atoms with E-state index in [9.17, 15) is 9.90 Å². The molecule has 4 rings (SSSR count). The van der Waals surface area contributed by atoms with E-state index in [0.29, 0.717) is 12.8 Å². The molecule has 28 heavy (non-hydrogen) atoms. The lowest BCUT2D eigenvalue weighted by atomic mass is 9.88. The van der Waals surface area contributed by atoms with Gasteiger partial charge in [-0.15, -0.1) is 11.3 Å². The second kappa shape index (κ2) is 8.17. The van der Waals surface area contributed by atoms with Crippen molar-refractivity contribution in [1.82, 2.24) is 5.32 Å². The molecule has 1 aliphatic rings. The van der Waals surface area contributed by atoms with E-state index in [0.717, 1.165) is 26.6 Å². The molecule has 5 heteroatoms. The maximum absolute atomic E-state index is 12.1. The first kappa shape index (κ1) is 18.7. The van der Waals surface area contributed by atoms with Gasteiger partial charge in [0.15, 0.2) is 0 Å². The Bertz CT molecular complexity index is 937. The summed E-state index contributed by atoms with van der Waals surface area (Å²) in [5.41, 5.74) is 3.33. The van der Waals surface area contributed by atoms with Crippen LogP contribution in [0.15, 0.2) is 66.7 Å². The first-order chi connectivity index (χ1) is 13.6. The zero-order valence-corrected chi connectivity index (χ0v) is 16.6. The highest BCUT2D eigenvalue weighted by molar-refractivity contribution is 7.15. The van der Waals surface area contributed by atoms with Crippen LogP contribution in [-0.4, -0.2) is 24.1 Å². The number of hydrogen-bond donors (Lipinski definition) is 3. The molecule has 1 aliphatic heterocycles. The van der Waals surface area contributed by atoms with E-state index in [1.807, 2.05) is 43.4 Å². The van der Waals surface area contributed by atoms with Crippen molar-refractivity contribution in [2.45, 2.75) is 30.9 Å². The molecule has 1 saturated heterocycles.